The Labute approximate surface area is 222 Å². The van der Waals surface area contributed by atoms with Crippen LogP contribution in [0.5, 0.6) is 0 Å². The third-order valence-electron chi connectivity index (χ3n) is 6.86. The van der Waals surface area contributed by atoms with Crippen molar-refractivity contribution in [1.82, 2.24) is 4.98 Å². The van der Waals surface area contributed by atoms with E-state index in [9.17, 15) is 18.3 Å². The number of hydrogen-bond donors (Lipinski definition) is 2. The minimum absolute atomic E-state index is 0.0813. The third-order valence-corrected chi connectivity index (χ3v) is 8.26. The van der Waals surface area contributed by atoms with Gasteiger partial charge in [-0.3, -0.25) is 4.72 Å². The van der Waals surface area contributed by atoms with Crippen LogP contribution in [0.15, 0.2) is 83.8 Å². The Morgan fingerprint density at radius 1 is 0.895 bits per heavy atom. The maximum atomic E-state index is 13.0. The van der Waals surface area contributed by atoms with E-state index in [0.29, 0.717) is 35.7 Å². The molecule has 4 aromatic rings. The van der Waals surface area contributed by atoms with Gasteiger partial charge < -0.3 is 14.9 Å². The van der Waals surface area contributed by atoms with E-state index in [1.54, 1.807) is 42.5 Å². The topological polar surface area (TPSA) is 103 Å². The molecular weight excluding hydrogens is 500 g/mol. The summed E-state index contributed by atoms with van der Waals surface area (Å²) in [6.45, 7) is 7.10. The van der Waals surface area contributed by atoms with Crippen molar-refractivity contribution in [1.29, 1.82) is 0 Å². The van der Waals surface area contributed by atoms with Crippen LogP contribution in [-0.2, 0) is 10.0 Å². The number of aromatic nitrogens is 1. The Hall–Kier alpha value is -4.11. The van der Waals surface area contributed by atoms with Gasteiger partial charge in [0.05, 0.1) is 16.0 Å². The standard InChI is InChI=1S/C29H30N4O4S/c1-20(2)21-8-11-24(12-9-21)38(36,37)31-22-10-13-27-25(18-22)26(29(34)35)19-28(30-27)33-16-14-32(15-17-33)23-6-4-3-5-7-23/h3-13,18-20,31H,14-17H2,1-2H3,(H,34,35). The predicted octanol–water partition coefficient (Wildman–Crippen LogP) is 5.18. The van der Waals surface area contributed by atoms with Gasteiger partial charge in [0, 0.05) is 42.9 Å². The van der Waals surface area contributed by atoms with Crippen LogP contribution >= 0.6 is 0 Å². The van der Waals surface area contributed by atoms with Gasteiger partial charge in [-0.2, -0.15) is 0 Å². The van der Waals surface area contributed by atoms with Crippen molar-refractivity contribution in [2.75, 3.05) is 40.7 Å². The van der Waals surface area contributed by atoms with Crippen LogP contribution < -0.4 is 14.5 Å². The molecule has 0 unspecified atom stereocenters. The number of hydrogen-bond acceptors (Lipinski definition) is 6. The first-order valence-electron chi connectivity index (χ1n) is 12.6. The van der Waals surface area contributed by atoms with Gasteiger partial charge >= 0.3 is 5.97 Å². The summed E-state index contributed by atoms with van der Waals surface area (Å²) in [7, 11) is -3.84. The first-order chi connectivity index (χ1) is 18.2. The summed E-state index contributed by atoms with van der Waals surface area (Å²) in [4.78, 5) is 21.5. The van der Waals surface area contributed by atoms with Crippen molar-refractivity contribution in [3.05, 3.63) is 90.0 Å². The SMILES string of the molecule is CC(C)c1ccc(S(=O)(=O)Nc2ccc3nc(N4CCN(c5ccccc5)CC4)cc(C(=O)O)c3c2)cc1. The van der Waals surface area contributed by atoms with E-state index in [-0.39, 0.29) is 16.1 Å². The van der Waals surface area contributed by atoms with Gasteiger partial charge in [-0.1, -0.05) is 44.2 Å². The quantitative estimate of drug-likeness (QED) is 0.339. The minimum atomic E-state index is -3.84. The Morgan fingerprint density at radius 3 is 2.18 bits per heavy atom. The summed E-state index contributed by atoms with van der Waals surface area (Å²) in [6.07, 6.45) is 0. The number of fused-ring (bicyclic) bond motifs is 1. The number of nitrogens with zero attached hydrogens (tertiary/aromatic N) is 3. The van der Waals surface area contributed by atoms with Crippen molar-refractivity contribution >= 4 is 44.1 Å². The third kappa shape index (κ3) is 5.28. The fraction of sp³-hybridized carbons (Fsp3) is 0.241. The van der Waals surface area contributed by atoms with Crippen molar-refractivity contribution in [2.24, 2.45) is 0 Å². The number of anilines is 3. The smallest absolute Gasteiger partial charge is 0.336 e. The van der Waals surface area contributed by atoms with Crippen molar-refractivity contribution < 1.29 is 18.3 Å². The van der Waals surface area contributed by atoms with Crippen LogP contribution in [0.3, 0.4) is 0 Å². The van der Waals surface area contributed by atoms with Gasteiger partial charge in [0.2, 0.25) is 0 Å². The molecule has 2 heterocycles. The van der Waals surface area contributed by atoms with Gasteiger partial charge in [-0.15, -0.1) is 0 Å². The van der Waals surface area contributed by atoms with Crippen LogP contribution in [-0.4, -0.2) is 50.7 Å². The summed E-state index contributed by atoms with van der Waals surface area (Å²) >= 11 is 0. The van der Waals surface area contributed by atoms with Crippen LogP contribution in [0.25, 0.3) is 10.9 Å². The van der Waals surface area contributed by atoms with Gasteiger partial charge in [0.1, 0.15) is 5.82 Å². The molecule has 8 nitrogen and oxygen atoms in total. The molecule has 2 N–H and O–H groups in total. The Bertz CT molecular complexity index is 1560. The van der Waals surface area contributed by atoms with Crippen LogP contribution in [0.2, 0.25) is 0 Å². The molecular formula is C29H30N4O4S. The average molecular weight is 531 g/mol. The molecule has 3 aromatic carbocycles. The molecule has 1 aromatic heterocycles. The second-order valence-corrected chi connectivity index (χ2v) is 11.4. The predicted molar refractivity (Wildman–Crippen MR) is 151 cm³/mol. The molecule has 5 rings (SSSR count). The van der Waals surface area contributed by atoms with Crippen LogP contribution in [0.4, 0.5) is 17.2 Å². The largest absolute Gasteiger partial charge is 0.478 e. The first-order valence-corrected chi connectivity index (χ1v) is 14.1. The highest BCUT2D eigenvalue weighted by Gasteiger charge is 2.22. The van der Waals surface area contributed by atoms with Crippen molar-refractivity contribution in [3.63, 3.8) is 0 Å². The number of nitrogens with one attached hydrogen (secondary N) is 1. The Morgan fingerprint density at radius 2 is 1.55 bits per heavy atom. The zero-order chi connectivity index (χ0) is 26.9. The monoisotopic (exact) mass is 530 g/mol. The van der Waals surface area contributed by atoms with Crippen molar-refractivity contribution in [3.8, 4) is 0 Å². The fourth-order valence-corrected chi connectivity index (χ4v) is 5.74. The molecule has 1 aliphatic heterocycles. The summed E-state index contributed by atoms with van der Waals surface area (Å²) in [5.41, 5.74) is 3.06. The number of piperazine rings is 1. The number of benzene rings is 3. The summed E-state index contributed by atoms with van der Waals surface area (Å²) in [5, 5.41) is 10.3. The first kappa shape index (κ1) is 25.5. The molecule has 1 saturated heterocycles. The van der Waals surface area contributed by atoms with E-state index in [4.69, 9.17) is 4.98 Å². The molecule has 0 saturated carbocycles. The number of carbonyl (C=O) groups is 1. The molecule has 0 radical (unpaired) electrons. The second kappa shape index (κ2) is 10.3. The molecule has 196 valence electrons. The summed E-state index contributed by atoms with van der Waals surface area (Å²) < 4.78 is 28.5. The number of sulfonamides is 1. The highest BCUT2D eigenvalue weighted by molar-refractivity contribution is 7.92. The molecule has 0 atom stereocenters. The van der Waals surface area contributed by atoms with Crippen LogP contribution in [0.1, 0.15) is 35.7 Å². The lowest BCUT2D eigenvalue weighted by Gasteiger charge is -2.37. The molecule has 38 heavy (non-hydrogen) atoms. The fourth-order valence-electron chi connectivity index (χ4n) is 4.69. The van der Waals surface area contributed by atoms with Gasteiger partial charge in [-0.05, 0) is 60.0 Å². The lowest BCUT2D eigenvalue weighted by atomic mass is 10.0. The zero-order valence-electron chi connectivity index (χ0n) is 21.3. The molecule has 9 heteroatoms. The number of para-hydroxylation sites is 1. The number of carboxylic acid groups (broad SMARTS) is 1. The molecule has 1 fully saturated rings. The van der Waals surface area contributed by atoms with E-state index in [0.717, 1.165) is 24.3 Å². The maximum Gasteiger partial charge on any atom is 0.336 e. The van der Waals surface area contributed by atoms with Crippen LogP contribution in [0, 0.1) is 0 Å². The number of rotatable bonds is 7. The van der Waals surface area contributed by atoms with E-state index >= 15 is 0 Å². The van der Waals surface area contributed by atoms with E-state index < -0.39 is 16.0 Å². The lowest BCUT2D eigenvalue weighted by Crippen LogP contribution is -2.46. The molecule has 1 aliphatic rings. The zero-order valence-corrected chi connectivity index (χ0v) is 22.1. The summed E-state index contributed by atoms with van der Waals surface area (Å²) in [6, 6.07) is 23.3. The van der Waals surface area contributed by atoms with Gasteiger partial charge in [0.25, 0.3) is 10.0 Å². The molecule has 0 spiro atoms. The molecule has 0 bridgehead atoms. The second-order valence-electron chi connectivity index (χ2n) is 9.70. The Kier molecular flexibility index (Phi) is 6.94. The van der Waals surface area contributed by atoms with Gasteiger partial charge in [0.15, 0.2) is 0 Å². The Balaban J connectivity index is 1.39. The number of pyridine rings is 1. The summed E-state index contributed by atoms with van der Waals surface area (Å²) in [5.74, 6) is -0.202. The highest BCUT2D eigenvalue weighted by atomic mass is 32.2. The van der Waals surface area contributed by atoms with E-state index in [2.05, 4.69) is 26.7 Å². The van der Waals surface area contributed by atoms with E-state index in [1.165, 1.54) is 6.07 Å². The number of aromatic carboxylic acids is 1. The van der Waals surface area contributed by atoms with Crippen molar-refractivity contribution in [2.45, 2.75) is 24.7 Å². The van der Waals surface area contributed by atoms with E-state index in [1.807, 2.05) is 32.0 Å². The highest BCUT2D eigenvalue weighted by Crippen LogP contribution is 2.28. The van der Waals surface area contributed by atoms with Gasteiger partial charge in [-0.25, -0.2) is 18.2 Å². The lowest BCUT2D eigenvalue weighted by molar-refractivity contribution is 0.0699. The average Bonchev–Trinajstić information content (AvgIpc) is 2.93. The normalized spacial score (nSPS) is 14.2. The number of carboxylic acids is 1. The molecule has 0 aliphatic carbocycles. The molecule has 0 amide bonds. The minimum Gasteiger partial charge on any atom is -0.478 e. The maximum absolute atomic E-state index is 13.0.